The molecule has 0 atom stereocenters. The summed E-state index contributed by atoms with van der Waals surface area (Å²) in [5.74, 6) is 0.467. The number of ether oxygens (including phenoxy) is 1. The van der Waals surface area contributed by atoms with Crippen molar-refractivity contribution < 1.29 is 4.74 Å². The van der Waals surface area contributed by atoms with Crippen LogP contribution < -0.4 is 5.32 Å². The number of methoxy groups -OCH3 is 1. The molecule has 2 rings (SSSR count). The van der Waals surface area contributed by atoms with E-state index >= 15 is 0 Å². The molecule has 0 unspecified atom stereocenters. The van der Waals surface area contributed by atoms with E-state index in [1.165, 1.54) is 6.20 Å². The molecule has 1 heterocycles. The minimum Gasteiger partial charge on any atom is -0.384 e. The summed E-state index contributed by atoms with van der Waals surface area (Å²) in [6, 6.07) is 9.88. The number of benzene rings is 1. The molecule has 1 aromatic heterocycles. The van der Waals surface area contributed by atoms with Gasteiger partial charge >= 0.3 is 0 Å². The van der Waals surface area contributed by atoms with Gasteiger partial charge in [-0.05, 0) is 18.1 Å². The van der Waals surface area contributed by atoms with Crippen molar-refractivity contribution in [2.45, 2.75) is 6.42 Å². The van der Waals surface area contributed by atoms with E-state index in [1.807, 2.05) is 30.3 Å². The molecule has 5 nitrogen and oxygen atoms in total. The summed E-state index contributed by atoms with van der Waals surface area (Å²) in [5, 5.41) is 12.1. The molecule has 5 heteroatoms. The molecule has 0 aliphatic carbocycles. The topological polar surface area (TPSA) is 70.8 Å². The molecule has 0 aliphatic rings. The summed E-state index contributed by atoms with van der Waals surface area (Å²) in [7, 11) is 1.67. The van der Waals surface area contributed by atoms with Crippen molar-refractivity contribution in [3.63, 3.8) is 0 Å². The van der Waals surface area contributed by atoms with Gasteiger partial charge in [-0.25, -0.2) is 9.97 Å². The summed E-state index contributed by atoms with van der Waals surface area (Å²) in [6.07, 6.45) is 3.85. The molecule has 96 valence electrons. The Morgan fingerprint density at radius 2 is 2.05 bits per heavy atom. The third-order valence-electron chi connectivity index (χ3n) is 2.65. The van der Waals surface area contributed by atoms with Crippen LogP contribution >= 0.6 is 0 Å². The molecule has 0 aliphatic heterocycles. The third kappa shape index (κ3) is 3.27. The Labute approximate surface area is 111 Å². The predicted octanol–water partition coefficient (Wildman–Crippen LogP) is 2.28. The van der Waals surface area contributed by atoms with Crippen LogP contribution in [0.3, 0.4) is 0 Å². The number of para-hydroxylation sites is 1. The van der Waals surface area contributed by atoms with Crippen LogP contribution in [0.2, 0.25) is 0 Å². The molecular weight excluding hydrogens is 240 g/mol. The van der Waals surface area contributed by atoms with Crippen molar-refractivity contribution in [1.29, 1.82) is 5.26 Å². The van der Waals surface area contributed by atoms with Crippen LogP contribution in [0.1, 0.15) is 11.3 Å². The second kappa shape index (κ2) is 6.47. The maximum atomic E-state index is 8.99. The van der Waals surface area contributed by atoms with Gasteiger partial charge < -0.3 is 10.1 Å². The van der Waals surface area contributed by atoms with Gasteiger partial charge in [0.1, 0.15) is 6.07 Å². The standard InChI is InChI=1S/C14H14N4O/c1-19-9-6-11-4-2-3-5-12(11)18-14-13(10-15)16-7-8-17-14/h2-5,7-8H,6,9H2,1H3,(H,17,18). The molecule has 0 saturated carbocycles. The Morgan fingerprint density at radius 3 is 2.84 bits per heavy atom. The van der Waals surface area contributed by atoms with E-state index in [0.29, 0.717) is 12.4 Å². The lowest BCUT2D eigenvalue weighted by atomic mass is 10.1. The van der Waals surface area contributed by atoms with Crippen LogP contribution in [-0.4, -0.2) is 23.7 Å². The monoisotopic (exact) mass is 254 g/mol. The molecule has 0 saturated heterocycles. The van der Waals surface area contributed by atoms with Crippen molar-refractivity contribution in [1.82, 2.24) is 9.97 Å². The maximum absolute atomic E-state index is 8.99. The largest absolute Gasteiger partial charge is 0.384 e. The lowest BCUT2D eigenvalue weighted by Gasteiger charge is -2.11. The van der Waals surface area contributed by atoms with Gasteiger partial charge in [0.2, 0.25) is 0 Å². The molecular formula is C14H14N4O. The highest BCUT2D eigenvalue weighted by Crippen LogP contribution is 2.21. The second-order valence-corrected chi connectivity index (χ2v) is 3.89. The zero-order chi connectivity index (χ0) is 13.5. The van der Waals surface area contributed by atoms with E-state index in [1.54, 1.807) is 13.3 Å². The summed E-state index contributed by atoms with van der Waals surface area (Å²) in [5.41, 5.74) is 2.31. The molecule has 0 spiro atoms. The van der Waals surface area contributed by atoms with Crippen molar-refractivity contribution >= 4 is 11.5 Å². The highest BCUT2D eigenvalue weighted by molar-refractivity contribution is 5.63. The summed E-state index contributed by atoms with van der Waals surface area (Å²) in [6.45, 7) is 0.643. The molecule has 0 amide bonds. The van der Waals surface area contributed by atoms with Crippen LogP contribution in [0.25, 0.3) is 0 Å². The highest BCUT2D eigenvalue weighted by atomic mass is 16.5. The van der Waals surface area contributed by atoms with Crippen LogP contribution in [0.4, 0.5) is 11.5 Å². The number of hydrogen-bond acceptors (Lipinski definition) is 5. The molecule has 1 aromatic carbocycles. The van der Waals surface area contributed by atoms with E-state index < -0.39 is 0 Å². The zero-order valence-electron chi connectivity index (χ0n) is 10.6. The number of nitriles is 1. The van der Waals surface area contributed by atoms with E-state index in [0.717, 1.165) is 17.7 Å². The Hall–Kier alpha value is -2.45. The first-order valence-corrected chi connectivity index (χ1v) is 5.90. The summed E-state index contributed by atoms with van der Waals surface area (Å²) >= 11 is 0. The van der Waals surface area contributed by atoms with Crippen LogP contribution in [0.5, 0.6) is 0 Å². The Balaban J connectivity index is 2.26. The normalized spacial score (nSPS) is 9.89. The lowest BCUT2D eigenvalue weighted by molar-refractivity contribution is 0.202. The zero-order valence-corrected chi connectivity index (χ0v) is 10.6. The van der Waals surface area contributed by atoms with Gasteiger partial charge in [0.05, 0.1) is 6.61 Å². The Bertz CT molecular complexity index is 592. The molecule has 2 aromatic rings. The van der Waals surface area contributed by atoms with Gasteiger partial charge in [0.15, 0.2) is 11.5 Å². The number of aromatic nitrogens is 2. The Kier molecular flexibility index (Phi) is 4.43. The van der Waals surface area contributed by atoms with Gasteiger partial charge in [-0.2, -0.15) is 5.26 Å². The fourth-order valence-electron chi connectivity index (χ4n) is 1.71. The molecule has 0 radical (unpaired) electrons. The van der Waals surface area contributed by atoms with E-state index in [-0.39, 0.29) is 5.69 Å². The van der Waals surface area contributed by atoms with Gasteiger partial charge in [-0.3, -0.25) is 0 Å². The van der Waals surface area contributed by atoms with Crippen LogP contribution in [0, 0.1) is 11.3 Å². The smallest absolute Gasteiger partial charge is 0.183 e. The number of anilines is 2. The first kappa shape index (κ1) is 13.0. The number of nitrogens with one attached hydrogen (secondary N) is 1. The SMILES string of the molecule is COCCc1ccccc1Nc1nccnc1C#N. The minimum absolute atomic E-state index is 0.282. The van der Waals surface area contributed by atoms with Gasteiger partial charge in [-0.15, -0.1) is 0 Å². The van der Waals surface area contributed by atoms with E-state index in [9.17, 15) is 0 Å². The highest BCUT2D eigenvalue weighted by Gasteiger charge is 2.07. The van der Waals surface area contributed by atoms with Crippen molar-refractivity contribution in [2.24, 2.45) is 0 Å². The fraction of sp³-hybridized carbons (Fsp3) is 0.214. The minimum atomic E-state index is 0.282. The second-order valence-electron chi connectivity index (χ2n) is 3.89. The van der Waals surface area contributed by atoms with Crippen molar-refractivity contribution in [3.05, 3.63) is 47.9 Å². The Morgan fingerprint density at radius 1 is 1.26 bits per heavy atom. The number of rotatable bonds is 5. The van der Waals surface area contributed by atoms with E-state index in [4.69, 9.17) is 10.00 Å². The lowest BCUT2D eigenvalue weighted by Crippen LogP contribution is -2.03. The quantitative estimate of drug-likeness (QED) is 0.886. The number of nitrogens with zero attached hydrogens (tertiary/aromatic N) is 3. The van der Waals surface area contributed by atoms with Crippen molar-refractivity contribution in [3.8, 4) is 6.07 Å². The average Bonchev–Trinajstić information content (AvgIpc) is 2.47. The summed E-state index contributed by atoms with van der Waals surface area (Å²) in [4.78, 5) is 8.11. The predicted molar refractivity (Wildman–Crippen MR) is 72.1 cm³/mol. The third-order valence-corrected chi connectivity index (χ3v) is 2.65. The van der Waals surface area contributed by atoms with Crippen LogP contribution in [-0.2, 0) is 11.2 Å². The molecule has 19 heavy (non-hydrogen) atoms. The molecule has 0 fully saturated rings. The fourth-order valence-corrected chi connectivity index (χ4v) is 1.71. The van der Waals surface area contributed by atoms with Crippen molar-refractivity contribution in [2.75, 3.05) is 19.0 Å². The summed E-state index contributed by atoms with van der Waals surface area (Å²) < 4.78 is 5.09. The van der Waals surface area contributed by atoms with Gasteiger partial charge in [0.25, 0.3) is 0 Å². The first-order valence-electron chi connectivity index (χ1n) is 5.90. The average molecular weight is 254 g/mol. The van der Waals surface area contributed by atoms with Gasteiger partial charge in [-0.1, -0.05) is 18.2 Å². The first-order chi connectivity index (χ1) is 9.35. The van der Waals surface area contributed by atoms with Crippen LogP contribution in [0.15, 0.2) is 36.7 Å². The van der Waals surface area contributed by atoms with Gasteiger partial charge in [0, 0.05) is 25.2 Å². The maximum Gasteiger partial charge on any atom is 0.183 e. The molecule has 0 bridgehead atoms. The number of hydrogen-bond donors (Lipinski definition) is 1. The molecule has 1 N–H and O–H groups in total. The van der Waals surface area contributed by atoms with E-state index in [2.05, 4.69) is 15.3 Å².